The maximum absolute atomic E-state index is 11.3. The Morgan fingerprint density at radius 3 is 2.42 bits per heavy atom. The van der Waals surface area contributed by atoms with Crippen LogP contribution in [0.4, 0.5) is 0 Å². The Balaban J connectivity index is 3.47. The standard InChI is InChI=1S/C7H9NO3S/c1-4-12(9,10)7-5(2)8-11-6(7)3/h4H,1H2,2-3H3. The molecule has 66 valence electrons. The highest BCUT2D eigenvalue weighted by Gasteiger charge is 2.20. The first-order valence-electron chi connectivity index (χ1n) is 3.29. The molecule has 0 aromatic carbocycles. The third kappa shape index (κ3) is 1.27. The molecule has 0 N–H and O–H groups in total. The van der Waals surface area contributed by atoms with Crippen molar-refractivity contribution in [3.63, 3.8) is 0 Å². The third-order valence-corrected chi connectivity index (χ3v) is 3.06. The summed E-state index contributed by atoms with van der Waals surface area (Å²) in [5.74, 6) is 0.299. The molecule has 0 atom stereocenters. The van der Waals surface area contributed by atoms with Crippen LogP contribution in [0.3, 0.4) is 0 Å². The van der Waals surface area contributed by atoms with Gasteiger partial charge in [-0.2, -0.15) is 0 Å². The number of aromatic nitrogens is 1. The Morgan fingerprint density at radius 1 is 1.50 bits per heavy atom. The monoisotopic (exact) mass is 187 g/mol. The molecule has 12 heavy (non-hydrogen) atoms. The van der Waals surface area contributed by atoms with E-state index in [0.717, 1.165) is 5.41 Å². The van der Waals surface area contributed by atoms with Crippen molar-refractivity contribution in [2.45, 2.75) is 18.7 Å². The van der Waals surface area contributed by atoms with Crippen LogP contribution in [-0.4, -0.2) is 13.6 Å². The quantitative estimate of drug-likeness (QED) is 0.698. The fraction of sp³-hybridized carbons (Fsp3) is 0.286. The fourth-order valence-corrected chi connectivity index (χ4v) is 2.02. The van der Waals surface area contributed by atoms with Crippen LogP contribution in [0.2, 0.25) is 0 Å². The summed E-state index contributed by atoms with van der Waals surface area (Å²) in [6.45, 7) is 6.34. The maximum atomic E-state index is 11.3. The van der Waals surface area contributed by atoms with Gasteiger partial charge in [0.15, 0.2) is 5.76 Å². The smallest absolute Gasteiger partial charge is 0.204 e. The summed E-state index contributed by atoms with van der Waals surface area (Å²) < 4.78 is 27.3. The molecule has 0 saturated carbocycles. The molecule has 0 aliphatic carbocycles. The lowest BCUT2D eigenvalue weighted by molar-refractivity contribution is 0.390. The van der Waals surface area contributed by atoms with E-state index in [1.807, 2.05) is 0 Å². The topological polar surface area (TPSA) is 60.2 Å². The van der Waals surface area contributed by atoms with Gasteiger partial charge in [-0.1, -0.05) is 11.7 Å². The van der Waals surface area contributed by atoms with E-state index in [-0.39, 0.29) is 4.90 Å². The molecule has 1 aromatic heterocycles. The van der Waals surface area contributed by atoms with E-state index in [9.17, 15) is 8.42 Å². The Hall–Kier alpha value is -1.10. The van der Waals surface area contributed by atoms with Crippen LogP contribution in [0.15, 0.2) is 21.4 Å². The minimum Gasteiger partial charge on any atom is -0.360 e. The van der Waals surface area contributed by atoms with Gasteiger partial charge in [-0.15, -0.1) is 0 Å². The molecule has 0 saturated heterocycles. The molecule has 1 heterocycles. The van der Waals surface area contributed by atoms with Gasteiger partial charge in [0, 0.05) is 5.41 Å². The molecule has 0 amide bonds. The summed E-state index contributed by atoms with van der Waals surface area (Å²) in [5, 5.41) is 4.42. The Labute approximate surface area is 70.8 Å². The van der Waals surface area contributed by atoms with Crippen molar-refractivity contribution in [1.29, 1.82) is 0 Å². The molecule has 0 spiro atoms. The lowest BCUT2D eigenvalue weighted by atomic mass is 10.4. The number of sulfone groups is 1. The molecular formula is C7H9NO3S. The van der Waals surface area contributed by atoms with Gasteiger partial charge >= 0.3 is 0 Å². The minimum absolute atomic E-state index is 0.123. The summed E-state index contributed by atoms with van der Waals surface area (Å²) in [4.78, 5) is 0.123. The van der Waals surface area contributed by atoms with Gasteiger partial charge in [0.1, 0.15) is 4.90 Å². The third-order valence-electron chi connectivity index (χ3n) is 1.47. The molecule has 0 fully saturated rings. The first kappa shape index (κ1) is 8.99. The van der Waals surface area contributed by atoms with E-state index < -0.39 is 9.84 Å². The molecule has 4 nitrogen and oxygen atoms in total. The van der Waals surface area contributed by atoms with Crippen LogP contribution in [0, 0.1) is 13.8 Å². The van der Waals surface area contributed by atoms with E-state index in [1.165, 1.54) is 0 Å². The van der Waals surface area contributed by atoms with Gasteiger partial charge < -0.3 is 4.52 Å². The van der Waals surface area contributed by atoms with E-state index in [0.29, 0.717) is 11.5 Å². The molecule has 0 aliphatic heterocycles. The second kappa shape index (κ2) is 2.75. The molecule has 0 aliphatic rings. The second-order valence-corrected chi connectivity index (χ2v) is 4.20. The average Bonchev–Trinajstić information content (AvgIpc) is 2.31. The van der Waals surface area contributed by atoms with Gasteiger partial charge in [0.25, 0.3) is 0 Å². The van der Waals surface area contributed by atoms with E-state index >= 15 is 0 Å². The molecule has 0 unspecified atom stereocenters. The first-order valence-corrected chi connectivity index (χ1v) is 4.84. The van der Waals surface area contributed by atoms with Crippen LogP contribution in [-0.2, 0) is 9.84 Å². The molecule has 1 aromatic rings. The van der Waals surface area contributed by atoms with E-state index in [2.05, 4.69) is 11.7 Å². The Kier molecular flexibility index (Phi) is 2.06. The van der Waals surface area contributed by atoms with Crippen LogP contribution in [0.25, 0.3) is 0 Å². The number of hydrogen-bond donors (Lipinski definition) is 0. The summed E-state index contributed by atoms with van der Waals surface area (Å²) >= 11 is 0. The molecular weight excluding hydrogens is 178 g/mol. The van der Waals surface area contributed by atoms with Crippen molar-refractivity contribution in [3.05, 3.63) is 23.4 Å². The highest BCUT2D eigenvalue weighted by molar-refractivity contribution is 7.94. The minimum atomic E-state index is -3.41. The predicted molar refractivity (Wildman–Crippen MR) is 43.4 cm³/mol. The van der Waals surface area contributed by atoms with Crippen LogP contribution >= 0.6 is 0 Å². The van der Waals surface area contributed by atoms with Gasteiger partial charge in [-0.25, -0.2) is 8.42 Å². The summed E-state index contributed by atoms with van der Waals surface area (Å²) in [5.41, 5.74) is 0.368. The lowest BCUT2D eigenvalue weighted by Gasteiger charge is -1.94. The zero-order valence-corrected chi connectivity index (χ0v) is 7.68. The van der Waals surface area contributed by atoms with E-state index in [4.69, 9.17) is 4.52 Å². The Bertz CT molecular complexity index is 383. The van der Waals surface area contributed by atoms with Crippen LogP contribution < -0.4 is 0 Å². The summed E-state index contributed by atoms with van der Waals surface area (Å²) in [6.07, 6.45) is 0. The molecule has 5 heteroatoms. The molecule has 0 bridgehead atoms. The van der Waals surface area contributed by atoms with Crippen molar-refractivity contribution in [1.82, 2.24) is 5.16 Å². The van der Waals surface area contributed by atoms with Crippen molar-refractivity contribution in [2.24, 2.45) is 0 Å². The summed E-state index contributed by atoms with van der Waals surface area (Å²) in [7, 11) is -3.41. The van der Waals surface area contributed by atoms with Crippen LogP contribution in [0.5, 0.6) is 0 Å². The van der Waals surface area contributed by atoms with Crippen molar-refractivity contribution < 1.29 is 12.9 Å². The lowest BCUT2D eigenvalue weighted by Crippen LogP contribution is -1.97. The van der Waals surface area contributed by atoms with Gasteiger partial charge in [-0.3, -0.25) is 0 Å². The molecule has 0 radical (unpaired) electrons. The second-order valence-electron chi connectivity index (χ2n) is 2.36. The highest BCUT2D eigenvalue weighted by atomic mass is 32.2. The zero-order valence-electron chi connectivity index (χ0n) is 6.86. The van der Waals surface area contributed by atoms with E-state index in [1.54, 1.807) is 13.8 Å². The summed E-state index contributed by atoms with van der Waals surface area (Å²) in [6, 6.07) is 0. The van der Waals surface area contributed by atoms with Gasteiger partial charge in [0.05, 0.1) is 5.69 Å². The Morgan fingerprint density at radius 2 is 2.08 bits per heavy atom. The normalized spacial score (nSPS) is 11.5. The number of hydrogen-bond acceptors (Lipinski definition) is 4. The maximum Gasteiger partial charge on any atom is 0.204 e. The largest absolute Gasteiger partial charge is 0.360 e. The predicted octanol–water partition coefficient (Wildman–Crippen LogP) is 1.21. The fourth-order valence-electron chi connectivity index (χ4n) is 0.964. The number of aryl methyl sites for hydroxylation is 2. The first-order chi connectivity index (χ1) is 5.49. The van der Waals surface area contributed by atoms with Crippen LogP contribution in [0.1, 0.15) is 11.5 Å². The SMILES string of the molecule is C=CS(=O)(=O)c1c(C)noc1C. The molecule has 1 rings (SSSR count). The number of nitrogens with zero attached hydrogens (tertiary/aromatic N) is 1. The average molecular weight is 187 g/mol. The van der Waals surface area contributed by atoms with Crippen molar-refractivity contribution >= 4 is 9.84 Å². The number of rotatable bonds is 2. The van der Waals surface area contributed by atoms with Gasteiger partial charge in [-0.05, 0) is 13.8 Å². The van der Waals surface area contributed by atoms with Gasteiger partial charge in [0.2, 0.25) is 9.84 Å². The zero-order chi connectivity index (χ0) is 9.35. The highest BCUT2D eigenvalue weighted by Crippen LogP contribution is 2.20. The van der Waals surface area contributed by atoms with Crippen molar-refractivity contribution in [3.8, 4) is 0 Å². The van der Waals surface area contributed by atoms with Crippen molar-refractivity contribution in [2.75, 3.05) is 0 Å².